The predicted molar refractivity (Wildman–Crippen MR) is 67.3 cm³/mol. The fourth-order valence-corrected chi connectivity index (χ4v) is 1.93. The fraction of sp³-hybridized carbons (Fsp3) is 0.583. The van der Waals surface area contributed by atoms with Crippen LogP contribution in [-0.2, 0) is 9.53 Å². The van der Waals surface area contributed by atoms with E-state index in [4.69, 9.17) is 14.6 Å². The Kier molecular flexibility index (Phi) is 4.16. The average Bonchev–Trinajstić information content (AvgIpc) is 2.76. The number of nitrogens with one attached hydrogen (secondary N) is 1. The van der Waals surface area contributed by atoms with Crippen molar-refractivity contribution in [1.82, 2.24) is 9.97 Å². The molecular formula is C12H17N3O4. The molecule has 0 aliphatic carbocycles. The summed E-state index contributed by atoms with van der Waals surface area (Å²) in [5, 5.41) is 12.1. The number of hydrogen-bond acceptors (Lipinski definition) is 6. The van der Waals surface area contributed by atoms with Gasteiger partial charge >= 0.3 is 5.97 Å². The summed E-state index contributed by atoms with van der Waals surface area (Å²) in [6.45, 7) is 4.75. The first-order valence-corrected chi connectivity index (χ1v) is 6.15. The largest absolute Gasteiger partial charge is 0.481 e. The lowest BCUT2D eigenvalue weighted by molar-refractivity contribution is -0.141. The molecule has 19 heavy (non-hydrogen) atoms. The highest BCUT2D eigenvalue weighted by Crippen LogP contribution is 2.19. The smallest absolute Gasteiger partial charge is 0.311 e. The number of aromatic nitrogens is 2. The van der Waals surface area contributed by atoms with Gasteiger partial charge in [0.25, 0.3) is 0 Å². The Labute approximate surface area is 111 Å². The fourth-order valence-electron chi connectivity index (χ4n) is 1.93. The summed E-state index contributed by atoms with van der Waals surface area (Å²) in [7, 11) is 0. The van der Waals surface area contributed by atoms with Crippen molar-refractivity contribution in [3.05, 3.63) is 11.8 Å². The molecule has 2 atom stereocenters. The summed E-state index contributed by atoms with van der Waals surface area (Å²) in [4.78, 5) is 19.5. The summed E-state index contributed by atoms with van der Waals surface area (Å²) < 4.78 is 10.5. The quantitative estimate of drug-likeness (QED) is 0.810. The number of carbonyl (C=O) groups is 1. The third-order valence-electron chi connectivity index (χ3n) is 2.84. The Morgan fingerprint density at radius 2 is 2.37 bits per heavy atom. The number of carboxylic acid groups (broad SMARTS) is 1. The van der Waals surface area contributed by atoms with Gasteiger partial charge in [-0.3, -0.25) is 4.79 Å². The van der Waals surface area contributed by atoms with Crippen LogP contribution in [0.4, 0.5) is 5.95 Å². The second-order valence-corrected chi connectivity index (χ2v) is 4.34. The zero-order chi connectivity index (χ0) is 13.8. The van der Waals surface area contributed by atoms with Gasteiger partial charge < -0.3 is 19.9 Å². The van der Waals surface area contributed by atoms with Crippen LogP contribution in [-0.4, -0.2) is 46.9 Å². The Balaban J connectivity index is 2.12. The second kappa shape index (κ2) is 5.83. The second-order valence-electron chi connectivity index (χ2n) is 4.34. The van der Waals surface area contributed by atoms with Gasteiger partial charge in [-0.25, -0.2) is 4.98 Å². The van der Waals surface area contributed by atoms with Crippen LogP contribution in [0.15, 0.2) is 6.07 Å². The predicted octanol–water partition coefficient (Wildman–Crippen LogP) is 0.695. The molecule has 104 valence electrons. The van der Waals surface area contributed by atoms with Crippen molar-refractivity contribution < 1.29 is 19.4 Å². The first-order chi connectivity index (χ1) is 9.10. The van der Waals surface area contributed by atoms with Crippen LogP contribution < -0.4 is 10.1 Å². The molecule has 0 bridgehead atoms. The topological polar surface area (TPSA) is 93.6 Å². The van der Waals surface area contributed by atoms with E-state index in [1.54, 1.807) is 6.07 Å². The molecule has 2 heterocycles. The van der Waals surface area contributed by atoms with E-state index in [0.29, 0.717) is 25.0 Å². The van der Waals surface area contributed by atoms with Gasteiger partial charge in [0, 0.05) is 11.8 Å². The highest BCUT2D eigenvalue weighted by molar-refractivity contribution is 5.72. The van der Waals surface area contributed by atoms with E-state index in [2.05, 4.69) is 15.3 Å². The molecule has 2 unspecified atom stereocenters. The van der Waals surface area contributed by atoms with E-state index in [1.165, 1.54) is 0 Å². The molecule has 1 saturated heterocycles. The first kappa shape index (κ1) is 13.5. The van der Waals surface area contributed by atoms with E-state index in [0.717, 1.165) is 5.69 Å². The van der Waals surface area contributed by atoms with E-state index in [-0.39, 0.29) is 12.6 Å². The van der Waals surface area contributed by atoms with Gasteiger partial charge in [0.2, 0.25) is 11.8 Å². The van der Waals surface area contributed by atoms with Gasteiger partial charge in [0.1, 0.15) is 5.92 Å². The van der Waals surface area contributed by atoms with E-state index in [1.807, 2.05) is 13.8 Å². The monoisotopic (exact) mass is 267 g/mol. The number of anilines is 1. The standard InChI is InChI=1S/C12H17N3O4/c1-3-19-10-4-7(2)13-12(15-10)14-9-6-18-5-8(9)11(16)17/h4,8-9H,3,5-6H2,1-2H3,(H,16,17)(H,13,14,15). The maximum Gasteiger partial charge on any atom is 0.311 e. The van der Waals surface area contributed by atoms with Crippen LogP contribution in [0, 0.1) is 12.8 Å². The highest BCUT2D eigenvalue weighted by atomic mass is 16.5. The van der Waals surface area contributed by atoms with Gasteiger partial charge in [-0.2, -0.15) is 4.98 Å². The SMILES string of the molecule is CCOc1cc(C)nc(NC2COCC2C(=O)O)n1. The van der Waals surface area contributed by atoms with Crippen molar-refractivity contribution in [1.29, 1.82) is 0 Å². The minimum atomic E-state index is -0.882. The molecular weight excluding hydrogens is 250 g/mol. The molecule has 7 nitrogen and oxygen atoms in total. The molecule has 1 aromatic heterocycles. The van der Waals surface area contributed by atoms with Crippen molar-refractivity contribution in [3.8, 4) is 5.88 Å². The summed E-state index contributed by atoms with van der Waals surface area (Å²) in [5.41, 5.74) is 0.756. The molecule has 0 aromatic carbocycles. The lowest BCUT2D eigenvalue weighted by Gasteiger charge is -2.16. The molecule has 1 aliphatic heterocycles. The molecule has 2 rings (SSSR count). The summed E-state index contributed by atoms with van der Waals surface area (Å²) in [5.74, 6) is -0.624. The third-order valence-corrected chi connectivity index (χ3v) is 2.84. The summed E-state index contributed by atoms with van der Waals surface area (Å²) in [6, 6.07) is 1.41. The summed E-state index contributed by atoms with van der Waals surface area (Å²) >= 11 is 0. The number of hydrogen-bond donors (Lipinski definition) is 2. The first-order valence-electron chi connectivity index (χ1n) is 6.15. The maximum absolute atomic E-state index is 11.1. The van der Waals surface area contributed by atoms with E-state index in [9.17, 15) is 4.79 Å². The van der Waals surface area contributed by atoms with Crippen LogP contribution in [0.1, 0.15) is 12.6 Å². The Morgan fingerprint density at radius 3 is 3.05 bits per heavy atom. The molecule has 1 aliphatic rings. The van der Waals surface area contributed by atoms with Gasteiger partial charge in [-0.1, -0.05) is 0 Å². The minimum absolute atomic E-state index is 0.205. The summed E-state index contributed by atoms with van der Waals surface area (Å²) in [6.07, 6.45) is 0. The number of nitrogens with zero attached hydrogens (tertiary/aromatic N) is 2. The third kappa shape index (κ3) is 3.31. The lowest BCUT2D eigenvalue weighted by atomic mass is 10.0. The van der Waals surface area contributed by atoms with Gasteiger partial charge in [-0.15, -0.1) is 0 Å². The number of aliphatic carboxylic acids is 1. The normalized spacial score (nSPS) is 22.2. The Bertz CT molecular complexity index is 466. The molecule has 0 spiro atoms. The molecule has 0 amide bonds. The number of aryl methyl sites for hydroxylation is 1. The van der Waals surface area contributed by atoms with Gasteiger partial charge in [0.15, 0.2) is 0 Å². The van der Waals surface area contributed by atoms with Crippen molar-refractivity contribution >= 4 is 11.9 Å². The number of carboxylic acids is 1. The van der Waals surface area contributed by atoms with Crippen LogP contribution in [0.5, 0.6) is 5.88 Å². The number of ether oxygens (including phenoxy) is 2. The highest BCUT2D eigenvalue weighted by Gasteiger charge is 2.34. The van der Waals surface area contributed by atoms with E-state index >= 15 is 0 Å². The van der Waals surface area contributed by atoms with E-state index < -0.39 is 11.9 Å². The van der Waals surface area contributed by atoms with Crippen LogP contribution >= 0.6 is 0 Å². The van der Waals surface area contributed by atoms with Crippen LogP contribution in [0.2, 0.25) is 0 Å². The lowest BCUT2D eigenvalue weighted by Crippen LogP contribution is -2.33. The van der Waals surface area contributed by atoms with Crippen molar-refractivity contribution in [3.63, 3.8) is 0 Å². The number of rotatable bonds is 5. The molecule has 1 fully saturated rings. The Morgan fingerprint density at radius 1 is 1.58 bits per heavy atom. The van der Waals surface area contributed by atoms with Crippen molar-refractivity contribution in [2.24, 2.45) is 5.92 Å². The van der Waals surface area contributed by atoms with Crippen molar-refractivity contribution in [2.45, 2.75) is 19.9 Å². The van der Waals surface area contributed by atoms with Crippen LogP contribution in [0.3, 0.4) is 0 Å². The zero-order valence-corrected chi connectivity index (χ0v) is 10.9. The average molecular weight is 267 g/mol. The maximum atomic E-state index is 11.1. The molecule has 2 N–H and O–H groups in total. The molecule has 7 heteroatoms. The minimum Gasteiger partial charge on any atom is -0.481 e. The van der Waals surface area contributed by atoms with Crippen LogP contribution in [0.25, 0.3) is 0 Å². The Hall–Kier alpha value is -1.89. The van der Waals surface area contributed by atoms with Gasteiger partial charge in [-0.05, 0) is 13.8 Å². The molecule has 0 radical (unpaired) electrons. The van der Waals surface area contributed by atoms with Gasteiger partial charge in [0.05, 0.1) is 25.9 Å². The zero-order valence-electron chi connectivity index (χ0n) is 10.9. The van der Waals surface area contributed by atoms with Crippen molar-refractivity contribution in [2.75, 3.05) is 25.1 Å². The molecule has 0 saturated carbocycles. The molecule has 1 aromatic rings.